The Hall–Kier alpha value is -4.00. The number of hydrogen-bond donors (Lipinski definition) is 1. The van der Waals surface area contributed by atoms with E-state index < -0.39 is 11.9 Å². The number of hydrogen-bond acceptors (Lipinski definition) is 3. The molecular formula is C30H31FN4O2. The van der Waals surface area contributed by atoms with Gasteiger partial charge in [-0.1, -0.05) is 49.6 Å². The minimum atomic E-state index is -0.947. The Kier molecular flexibility index (Phi) is 7.30. The number of rotatable bonds is 7. The van der Waals surface area contributed by atoms with Crippen LogP contribution in [0, 0.1) is 12.7 Å². The van der Waals surface area contributed by atoms with Gasteiger partial charge in [-0.25, -0.2) is 4.39 Å². The molecule has 0 saturated heterocycles. The Morgan fingerprint density at radius 2 is 1.86 bits per heavy atom. The zero-order valence-electron chi connectivity index (χ0n) is 20.9. The zero-order chi connectivity index (χ0) is 25.8. The summed E-state index contributed by atoms with van der Waals surface area (Å²) in [5.41, 5.74) is 3.53. The van der Waals surface area contributed by atoms with Crippen molar-refractivity contribution in [2.75, 3.05) is 4.90 Å². The summed E-state index contributed by atoms with van der Waals surface area (Å²) in [7, 11) is 0. The van der Waals surface area contributed by atoms with Gasteiger partial charge < -0.3 is 9.88 Å². The largest absolute Gasteiger partial charge is 0.351 e. The van der Waals surface area contributed by atoms with Crippen LogP contribution in [0.5, 0.6) is 0 Å². The monoisotopic (exact) mass is 498 g/mol. The van der Waals surface area contributed by atoms with E-state index in [2.05, 4.69) is 10.3 Å². The molecule has 6 nitrogen and oxygen atoms in total. The van der Waals surface area contributed by atoms with E-state index in [1.54, 1.807) is 18.3 Å². The first-order valence-electron chi connectivity index (χ1n) is 12.8. The van der Waals surface area contributed by atoms with Crippen molar-refractivity contribution in [1.82, 2.24) is 14.9 Å². The molecule has 0 spiro atoms. The van der Waals surface area contributed by atoms with E-state index in [1.807, 2.05) is 60.2 Å². The summed E-state index contributed by atoms with van der Waals surface area (Å²) in [6.45, 7) is 1.90. The van der Waals surface area contributed by atoms with Gasteiger partial charge in [0.2, 0.25) is 11.8 Å². The van der Waals surface area contributed by atoms with Gasteiger partial charge in [0, 0.05) is 24.1 Å². The minimum Gasteiger partial charge on any atom is -0.351 e. The highest BCUT2D eigenvalue weighted by Crippen LogP contribution is 2.32. The highest BCUT2D eigenvalue weighted by atomic mass is 19.1. The number of benzene rings is 2. The Labute approximate surface area is 216 Å². The van der Waals surface area contributed by atoms with Gasteiger partial charge in [0.15, 0.2) is 0 Å². The Balaban J connectivity index is 1.57. The summed E-state index contributed by atoms with van der Waals surface area (Å²) in [5, 5.41) is 3.21. The van der Waals surface area contributed by atoms with Gasteiger partial charge in [-0.15, -0.1) is 0 Å². The van der Waals surface area contributed by atoms with E-state index in [1.165, 1.54) is 23.5 Å². The zero-order valence-corrected chi connectivity index (χ0v) is 20.9. The van der Waals surface area contributed by atoms with Crippen molar-refractivity contribution in [3.05, 3.63) is 96.1 Å². The third kappa shape index (κ3) is 5.40. The topological polar surface area (TPSA) is 67.2 Å². The van der Waals surface area contributed by atoms with Crippen molar-refractivity contribution >= 4 is 28.5 Å². The van der Waals surface area contributed by atoms with Crippen molar-refractivity contribution in [3.8, 4) is 0 Å². The van der Waals surface area contributed by atoms with Crippen LogP contribution in [-0.4, -0.2) is 27.4 Å². The lowest BCUT2D eigenvalue weighted by Gasteiger charge is -2.34. The van der Waals surface area contributed by atoms with Crippen molar-refractivity contribution in [2.45, 2.75) is 57.7 Å². The molecule has 1 saturated carbocycles. The van der Waals surface area contributed by atoms with Crippen LogP contribution in [0.1, 0.15) is 49.3 Å². The third-order valence-electron chi connectivity index (χ3n) is 7.14. The SMILES string of the molecule is Cc1ccccc1C(C(=O)NC1CCCCC1)N(C(=O)Cn1ccc2ncccc21)c1cccc(F)c1. The number of nitrogens with zero attached hydrogens (tertiary/aromatic N) is 3. The van der Waals surface area contributed by atoms with Crippen molar-refractivity contribution in [3.63, 3.8) is 0 Å². The molecule has 2 aromatic carbocycles. The molecule has 1 aliphatic carbocycles. The van der Waals surface area contributed by atoms with E-state index in [0.29, 0.717) is 11.3 Å². The first kappa shape index (κ1) is 24.7. The van der Waals surface area contributed by atoms with Crippen molar-refractivity contribution < 1.29 is 14.0 Å². The second-order valence-corrected chi connectivity index (χ2v) is 9.70. The van der Waals surface area contributed by atoms with Gasteiger partial charge >= 0.3 is 0 Å². The molecule has 4 aromatic rings. The van der Waals surface area contributed by atoms with Gasteiger partial charge in [0.25, 0.3) is 0 Å². The lowest BCUT2D eigenvalue weighted by Crippen LogP contribution is -2.48. The summed E-state index contributed by atoms with van der Waals surface area (Å²) in [6, 6.07) is 18.1. The molecule has 2 aromatic heterocycles. The molecule has 190 valence electrons. The van der Waals surface area contributed by atoms with E-state index in [-0.39, 0.29) is 24.4 Å². The Morgan fingerprint density at radius 3 is 2.65 bits per heavy atom. The van der Waals surface area contributed by atoms with Gasteiger partial charge in [0.1, 0.15) is 18.4 Å². The van der Waals surface area contributed by atoms with E-state index in [9.17, 15) is 14.0 Å². The number of anilines is 1. The fourth-order valence-electron chi connectivity index (χ4n) is 5.26. The fourth-order valence-corrected chi connectivity index (χ4v) is 5.26. The number of pyridine rings is 1. The number of amides is 2. The molecule has 7 heteroatoms. The van der Waals surface area contributed by atoms with E-state index in [0.717, 1.165) is 42.3 Å². The molecule has 37 heavy (non-hydrogen) atoms. The molecule has 1 unspecified atom stereocenters. The second kappa shape index (κ2) is 10.9. The molecule has 0 aliphatic heterocycles. The average molecular weight is 499 g/mol. The van der Waals surface area contributed by atoms with Crippen LogP contribution in [0.4, 0.5) is 10.1 Å². The summed E-state index contributed by atoms with van der Waals surface area (Å²) in [5.74, 6) is -1.04. The second-order valence-electron chi connectivity index (χ2n) is 9.70. The number of carbonyl (C=O) groups excluding carboxylic acids is 2. The predicted molar refractivity (Wildman–Crippen MR) is 143 cm³/mol. The van der Waals surface area contributed by atoms with Gasteiger partial charge in [0.05, 0.1) is 11.0 Å². The standard InChI is InChI=1S/C30H31FN4O2/c1-21-9-5-6-14-25(21)29(30(37)33-23-11-3-2-4-12-23)35(24-13-7-10-22(31)19-24)28(36)20-34-18-16-26-27(34)15-8-17-32-26/h5-10,13-19,23,29H,2-4,11-12,20H2,1H3,(H,33,37). The number of halogens is 1. The number of fused-ring (bicyclic) bond motifs is 1. The summed E-state index contributed by atoms with van der Waals surface area (Å²) in [4.78, 5) is 33.8. The van der Waals surface area contributed by atoms with Crippen LogP contribution in [0.25, 0.3) is 11.0 Å². The lowest BCUT2D eigenvalue weighted by molar-refractivity contribution is -0.127. The van der Waals surface area contributed by atoms with Crippen LogP contribution in [0.2, 0.25) is 0 Å². The molecule has 2 amide bonds. The molecule has 1 aliphatic rings. The van der Waals surface area contributed by atoms with Crippen LogP contribution < -0.4 is 10.2 Å². The van der Waals surface area contributed by atoms with Crippen LogP contribution in [-0.2, 0) is 16.1 Å². The maximum absolute atomic E-state index is 14.4. The smallest absolute Gasteiger partial charge is 0.248 e. The lowest BCUT2D eigenvalue weighted by atomic mass is 9.93. The van der Waals surface area contributed by atoms with Crippen molar-refractivity contribution in [1.29, 1.82) is 0 Å². The molecule has 0 radical (unpaired) electrons. The minimum absolute atomic E-state index is 0.0230. The third-order valence-corrected chi connectivity index (χ3v) is 7.14. The van der Waals surface area contributed by atoms with Gasteiger partial charge in [-0.3, -0.25) is 19.5 Å². The van der Waals surface area contributed by atoms with E-state index >= 15 is 0 Å². The summed E-state index contributed by atoms with van der Waals surface area (Å²) in [6.07, 6.45) is 8.66. The van der Waals surface area contributed by atoms with Crippen molar-refractivity contribution in [2.24, 2.45) is 0 Å². The number of carbonyl (C=O) groups is 2. The molecular weight excluding hydrogens is 467 g/mol. The van der Waals surface area contributed by atoms with Crippen LogP contribution >= 0.6 is 0 Å². The van der Waals surface area contributed by atoms with Gasteiger partial charge in [-0.2, -0.15) is 0 Å². The highest BCUT2D eigenvalue weighted by Gasteiger charge is 2.35. The normalized spacial score (nSPS) is 14.9. The number of aryl methyl sites for hydroxylation is 1. The Morgan fingerprint density at radius 1 is 1.05 bits per heavy atom. The molecule has 1 fully saturated rings. The maximum Gasteiger partial charge on any atom is 0.248 e. The quantitative estimate of drug-likeness (QED) is 0.355. The molecule has 1 N–H and O–H groups in total. The molecule has 0 bridgehead atoms. The summed E-state index contributed by atoms with van der Waals surface area (Å²) < 4.78 is 16.3. The predicted octanol–water partition coefficient (Wildman–Crippen LogP) is 5.71. The van der Waals surface area contributed by atoms with E-state index in [4.69, 9.17) is 0 Å². The molecule has 5 rings (SSSR count). The fraction of sp³-hybridized carbons (Fsp3) is 0.300. The molecule has 2 heterocycles. The van der Waals surface area contributed by atoms with Gasteiger partial charge in [-0.05, 0) is 67.3 Å². The maximum atomic E-state index is 14.4. The summed E-state index contributed by atoms with van der Waals surface area (Å²) >= 11 is 0. The number of aromatic nitrogens is 2. The Bertz CT molecular complexity index is 1410. The first-order valence-corrected chi connectivity index (χ1v) is 12.8. The first-order chi connectivity index (χ1) is 18.0. The average Bonchev–Trinajstić information content (AvgIpc) is 3.31. The van der Waals surface area contributed by atoms with Crippen LogP contribution in [0.15, 0.2) is 79.1 Å². The van der Waals surface area contributed by atoms with Crippen LogP contribution in [0.3, 0.4) is 0 Å². The molecule has 1 atom stereocenters. The number of nitrogens with one attached hydrogen (secondary N) is 1. The highest BCUT2D eigenvalue weighted by molar-refractivity contribution is 6.02.